The van der Waals surface area contributed by atoms with E-state index in [1.165, 1.54) is 4.31 Å². The predicted molar refractivity (Wildman–Crippen MR) is 125 cm³/mol. The van der Waals surface area contributed by atoms with Crippen molar-refractivity contribution in [3.63, 3.8) is 0 Å². The highest BCUT2D eigenvalue weighted by molar-refractivity contribution is 7.89. The molecule has 0 N–H and O–H groups in total. The van der Waals surface area contributed by atoms with Crippen molar-refractivity contribution in [2.75, 3.05) is 44.3 Å². The number of sulfonamides is 1. The molecule has 33 heavy (non-hydrogen) atoms. The van der Waals surface area contributed by atoms with Gasteiger partial charge in [0.05, 0.1) is 29.5 Å². The Bertz CT molecular complexity index is 1250. The number of hydrogen-bond acceptors (Lipinski definition) is 6. The molecule has 0 bridgehead atoms. The molecule has 3 heterocycles. The van der Waals surface area contributed by atoms with Crippen molar-refractivity contribution >= 4 is 21.8 Å². The maximum absolute atomic E-state index is 13.4. The van der Waals surface area contributed by atoms with Gasteiger partial charge in [0.15, 0.2) is 0 Å². The van der Waals surface area contributed by atoms with E-state index in [9.17, 15) is 18.9 Å². The zero-order valence-corrected chi connectivity index (χ0v) is 19.7. The number of hydrogen-bond donors (Lipinski definition) is 0. The second kappa shape index (κ2) is 9.40. The fourth-order valence-electron chi connectivity index (χ4n) is 4.55. The van der Waals surface area contributed by atoms with Crippen molar-refractivity contribution in [2.45, 2.75) is 31.6 Å². The second-order valence-electron chi connectivity index (χ2n) is 8.30. The van der Waals surface area contributed by atoms with Crippen LogP contribution < -0.4 is 4.90 Å². The van der Waals surface area contributed by atoms with Crippen LogP contribution in [0.15, 0.2) is 34.7 Å². The molecule has 172 valence electrons. The summed E-state index contributed by atoms with van der Waals surface area (Å²) in [6, 6.07) is 11.1. The van der Waals surface area contributed by atoms with Crippen LogP contribution in [0, 0.1) is 36.5 Å². The minimum atomic E-state index is -3.66. The average Bonchev–Trinajstić information content (AvgIpc) is 3.45. The summed E-state index contributed by atoms with van der Waals surface area (Å²) in [6.45, 7) is 7.17. The Morgan fingerprint density at radius 1 is 1.00 bits per heavy atom. The van der Waals surface area contributed by atoms with Crippen molar-refractivity contribution in [3.05, 3.63) is 46.8 Å². The number of benzene rings is 1. The molecule has 8 nitrogen and oxygen atoms in total. The Kier molecular flexibility index (Phi) is 6.57. The van der Waals surface area contributed by atoms with Gasteiger partial charge in [0, 0.05) is 37.6 Å². The largest absolute Gasteiger partial charge is 0.379 e. The molecule has 9 heteroatoms. The normalized spacial score (nSPS) is 16.9. The standard InChI is InChI=1S/C24H27N5O3S/c1-18-13-21(14-20(16-25)17-26)19(2)29(18)24-15-22(5-6-23(24)27-7-3-4-8-27)33(30,31)28-9-11-32-12-10-28/h5-6,13-15H,3-4,7-12H2,1-2H3. The number of morpholine rings is 1. The molecule has 0 spiro atoms. The monoisotopic (exact) mass is 465 g/mol. The first-order valence-electron chi connectivity index (χ1n) is 11.0. The van der Waals surface area contributed by atoms with Crippen molar-refractivity contribution in [1.82, 2.24) is 8.87 Å². The predicted octanol–water partition coefficient (Wildman–Crippen LogP) is 3.15. The lowest BCUT2D eigenvalue weighted by atomic mass is 10.1. The molecule has 0 amide bonds. The maximum Gasteiger partial charge on any atom is 0.243 e. The summed E-state index contributed by atoms with van der Waals surface area (Å²) in [7, 11) is -3.66. The molecular weight excluding hydrogens is 438 g/mol. The quantitative estimate of drug-likeness (QED) is 0.629. The number of ether oxygens (including phenoxy) is 1. The smallest absolute Gasteiger partial charge is 0.243 e. The Morgan fingerprint density at radius 2 is 1.67 bits per heavy atom. The molecule has 2 aliphatic heterocycles. The highest BCUT2D eigenvalue weighted by Crippen LogP contribution is 2.34. The minimum Gasteiger partial charge on any atom is -0.379 e. The van der Waals surface area contributed by atoms with Crippen LogP contribution in [0.25, 0.3) is 11.8 Å². The van der Waals surface area contributed by atoms with E-state index in [0.29, 0.717) is 26.3 Å². The van der Waals surface area contributed by atoms with Crippen molar-refractivity contribution in [1.29, 1.82) is 10.5 Å². The molecule has 0 radical (unpaired) electrons. The number of nitrogens with zero attached hydrogens (tertiary/aromatic N) is 5. The molecular formula is C24H27N5O3S. The SMILES string of the molecule is Cc1cc(C=C(C#N)C#N)c(C)n1-c1cc(S(=O)(=O)N2CCOCC2)ccc1N1CCCC1. The lowest BCUT2D eigenvalue weighted by Gasteiger charge is -2.28. The van der Waals surface area contributed by atoms with Crippen molar-refractivity contribution < 1.29 is 13.2 Å². The lowest BCUT2D eigenvalue weighted by molar-refractivity contribution is 0.0730. The molecule has 4 rings (SSSR count). The third kappa shape index (κ3) is 4.40. The summed E-state index contributed by atoms with van der Waals surface area (Å²) in [4.78, 5) is 2.53. The number of allylic oxidation sites excluding steroid dienone is 1. The third-order valence-corrected chi connectivity index (χ3v) is 8.15. The highest BCUT2D eigenvalue weighted by atomic mass is 32.2. The summed E-state index contributed by atoms with van der Waals surface area (Å²) >= 11 is 0. The van der Waals surface area contributed by atoms with E-state index in [1.807, 2.05) is 42.7 Å². The molecule has 0 unspecified atom stereocenters. The Hall–Kier alpha value is -3.11. The van der Waals surface area contributed by atoms with Gasteiger partial charge >= 0.3 is 0 Å². The highest BCUT2D eigenvalue weighted by Gasteiger charge is 2.28. The Morgan fingerprint density at radius 3 is 2.30 bits per heavy atom. The van der Waals surface area contributed by atoms with E-state index < -0.39 is 10.0 Å². The number of aryl methyl sites for hydroxylation is 1. The number of rotatable bonds is 5. The topological polar surface area (TPSA) is 102 Å². The van der Waals surface area contributed by atoms with Crippen molar-refractivity contribution in [3.8, 4) is 17.8 Å². The zero-order valence-electron chi connectivity index (χ0n) is 18.9. The molecule has 0 aliphatic carbocycles. The minimum absolute atomic E-state index is 0.0265. The van der Waals surface area contributed by atoms with E-state index in [0.717, 1.165) is 54.3 Å². The van der Waals surface area contributed by atoms with Crippen LogP contribution in [-0.2, 0) is 14.8 Å². The van der Waals surface area contributed by atoms with E-state index >= 15 is 0 Å². The van der Waals surface area contributed by atoms with E-state index in [4.69, 9.17) is 4.74 Å². The van der Waals surface area contributed by atoms with Crippen molar-refractivity contribution in [2.24, 2.45) is 0 Å². The van der Waals surface area contributed by atoms with E-state index in [-0.39, 0.29) is 10.5 Å². The molecule has 2 aromatic rings. The first-order valence-corrected chi connectivity index (χ1v) is 12.5. The molecule has 0 saturated carbocycles. The maximum atomic E-state index is 13.4. The molecule has 1 aromatic heterocycles. The van der Waals surface area contributed by atoms with Crippen LogP contribution in [0.2, 0.25) is 0 Å². The molecule has 1 aromatic carbocycles. The fourth-order valence-corrected chi connectivity index (χ4v) is 5.98. The summed E-state index contributed by atoms with van der Waals surface area (Å²) in [5.74, 6) is 0. The van der Waals surface area contributed by atoms with Gasteiger partial charge in [0.1, 0.15) is 17.7 Å². The zero-order chi connectivity index (χ0) is 23.6. The first-order chi connectivity index (χ1) is 15.9. The molecule has 2 fully saturated rings. The van der Waals surface area contributed by atoms with Gasteiger partial charge in [-0.05, 0) is 62.6 Å². The van der Waals surface area contributed by atoms with Gasteiger partial charge in [0.2, 0.25) is 10.0 Å². The van der Waals surface area contributed by atoms with Crippen LogP contribution >= 0.6 is 0 Å². The summed E-state index contributed by atoms with van der Waals surface area (Å²) < 4.78 is 35.6. The molecule has 0 atom stereocenters. The molecule has 2 saturated heterocycles. The summed E-state index contributed by atoms with van der Waals surface area (Å²) in [5.41, 5.74) is 4.30. The van der Waals surface area contributed by atoms with Crippen LogP contribution in [0.5, 0.6) is 0 Å². The van der Waals surface area contributed by atoms with Gasteiger partial charge < -0.3 is 14.2 Å². The van der Waals surface area contributed by atoms with Gasteiger partial charge in [-0.25, -0.2) is 8.42 Å². The van der Waals surface area contributed by atoms with Crippen LogP contribution in [0.1, 0.15) is 29.8 Å². The third-order valence-electron chi connectivity index (χ3n) is 6.25. The van der Waals surface area contributed by atoms with Gasteiger partial charge in [-0.3, -0.25) is 0 Å². The number of aromatic nitrogens is 1. The molecule has 2 aliphatic rings. The van der Waals surface area contributed by atoms with E-state index in [2.05, 4.69) is 4.90 Å². The van der Waals surface area contributed by atoms with Crippen LogP contribution in [0.3, 0.4) is 0 Å². The fraction of sp³-hybridized carbons (Fsp3) is 0.417. The Labute approximate surface area is 194 Å². The van der Waals surface area contributed by atoms with Gasteiger partial charge in [-0.2, -0.15) is 14.8 Å². The summed E-state index contributed by atoms with van der Waals surface area (Å²) in [5, 5.41) is 18.3. The van der Waals surface area contributed by atoms with Gasteiger partial charge in [-0.15, -0.1) is 0 Å². The summed E-state index contributed by atoms with van der Waals surface area (Å²) in [6.07, 6.45) is 3.76. The average molecular weight is 466 g/mol. The van der Waals surface area contributed by atoms with Gasteiger partial charge in [-0.1, -0.05) is 0 Å². The van der Waals surface area contributed by atoms with E-state index in [1.54, 1.807) is 18.2 Å². The first kappa shape index (κ1) is 23.1. The second-order valence-corrected chi connectivity index (χ2v) is 10.2. The van der Waals surface area contributed by atoms with Crippen LogP contribution in [-0.4, -0.2) is 56.7 Å². The number of nitriles is 2. The Balaban J connectivity index is 1.87. The van der Waals surface area contributed by atoms with Gasteiger partial charge in [0.25, 0.3) is 0 Å². The number of anilines is 1. The lowest BCUT2D eigenvalue weighted by Crippen LogP contribution is -2.40. The van der Waals surface area contributed by atoms with Crippen LogP contribution in [0.4, 0.5) is 5.69 Å².